The molecule has 0 bridgehead atoms. The number of aromatic nitrogens is 2. The first-order chi connectivity index (χ1) is 15.8. The van der Waals surface area contributed by atoms with Gasteiger partial charge in [-0.15, -0.1) is 10.2 Å². The number of piperidine rings is 1. The van der Waals surface area contributed by atoms with Gasteiger partial charge in [-0.2, -0.15) is 0 Å². The van der Waals surface area contributed by atoms with E-state index in [1.165, 1.54) is 23.9 Å². The first-order valence-corrected chi connectivity index (χ1v) is 13.8. The van der Waals surface area contributed by atoms with Gasteiger partial charge in [-0.05, 0) is 62.1 Å². The lowest BCUT2D eigenvalue weighted by Crippen LogP contribution is -2.44. The fraction of sp³-hybridized carbons (Fsp3) is 0.455. The van der Waals surface area contributed by atoms with Crippen LogP contribution < -0.4 is 15.5 Å². The minimum Gasteiger partial charge on any atom is -0.354 e. The number of carbonyl (C=O) groups excluding carboxylic acids is 2. The minimum absolute atomic E-state index is 0.0228. The molecule has 9 nitrogen and oxygen atoms in total. The summed E-state index contributed by atoms with van der Waals surface area (Å²) in [5.41, 5.74) is 0.528. The molecule has 11 heteroatoms. The number of hydrogen-bond donors (Lipinski definition) is 2. The fourth-order valence-electron chi connectivity index (χ4n) is 3.63. The Morgan fingerprint density at radius 3 is 2.48 bits per heavy atom. The lowest BCUT2D eigenvalue weighted by molar-refractivity contribution is -0.125. The van der Waals surface area contributed by atoms with E-state index in [4.69, 9.17) is 0 Å². The summed E-state index contributed by atoms with van der Waals surface area (Å²) in [6.07, 6.45) is 5.13. The Kier molecular flexibility index (Phi) is 7.18. The van der Waals surface area contributed by atoms with E-state index in [0.29, 0.717) is 23.3 Å². The third-order valence-corrected chi connectivity index (χ3v) is 7.63. The van der Waals surface area contributed by atoms with Gasteiger partial charge in [0.1, 0.15) is 5.03 Å². The second-order valence-electron chi connectivity index (χ2n) is 8.43. The predicted molar refractivity (Wildman–Crippen MR) is 127 cm³/mol. The molecule has 1 aromatic carbocycles. The van der Waals surface area contributed by atoms with Gasteiger partial charge < -0.3 is 15.5 Å². The molecule has 0 spiro atoms. The fourth-order valence-corrected chi connectivity index (χ4v) is 4.87. The minimum atomic E-state index is -3.27. The van der Waals surface area contributed by atoms with E-state index >= 15 is 0 Å². The molecule has 1 aliphatic heterocycles. The first kappa shape index (κ1) is 23.5. The van der Waals surface area contributed by atoms with Crippen molar-refractivity contribution in [1.29, 1.82) is 0 Å². The summed E-state index contributed by atoms with van der Waals surface area (Å²) < 4.78 is 23.0. The van der Waals surface area contributed by atoms with Crippen molar-refractivity contribution < 1.29 is 18.0 Å². The number of carbonyl (C=O) groups is 2. The van der Waals surface area contributed by atoms with Gasteiger partial charge in [0.15, 0.2) is 15.7 Å². The number of nitrogens with one attached hydrogen (secondary N) is 2. The van der Waals surface area contributed by atoms with Crippen LogP contribution in [0.25, 0.3) is 0 Å². The maximum absolute atomic E-state index is 12.4. The van der Waals surface area contributed by atoms with Crippen LogP contribution in [0.15, 0.2) is 46.3 Å². The van der Waals surface area contributed by atoms with Crippen molar-refractivity contribution in [3.05, 3.63) is 36.4 Å². The van der Waals surface area contributed by atoms with Crippen molar-refractivity contribution in [3.63, 3.8) is 0 Å². The number of benzene rings is 1. The van der Waals surface area contributed by atoms with E-state index in [1.54, 1.807) is 12.1 Å². The number of rotatable bonds is 8. The second-order valence-corrected chi connectivity index (χ2v) is 11.4. The Morgan fingerprint density at radius 2 is 1.85 bits per heavy atom. The molecule has 2 aromatic rings. The Morgan fingerprint density at radius 1 is 1.09 bits per heavy atom. The zero-order chi connectivity index (χ0) is 23.4. The van der Waals surface area contributed by atoms with Gasteiger partial charge in [0.05, 0.1) is 16.6 Å². The molecule has 2 fully saturated rings. The molecule has 176 valence electrons. The van der Waals surface area contributed by atoms with Gasteiger partial charge in [-0.3, -0.25) is 9.59 Å². The molecule has 1 unspecified atom stereocenters. The maximum Gasteiger partial charge on any atom is 0.234 e. The van der Waals surface area contributed by atoms with Crippen LogP contribution in [0.5, 0.6) is 0 Å². The summed E-state index contributed by atoms with van der Waals surface area (Å²) in [6, 6.07) is 10.1. The van der Waals surface area contributed by atoms with Crippen LogP contribution in [-0.2, 0) is 19.4 Å². The zero-order valence-electron chi connectivity index (χ0n) is 18.4. The van der Waals surface area contributed by atoms with E-state index in [0.717, 1.165) is 44.3 Å². The smallest absolute Gasteiger partial charge is 0.234 e. The normalized spacial score (nSPS) is 18.6. The molecular weight excluding hydrogens is 462 g/mol. The summed E-state index contributed by atoms with van der Waals surface area (Å²) in [5.74, 6) is 0.775. The molecule has 1 aromatic heterocycles. The van der Waals surface area contributed by atoms with Crippen LogP contribution in [-0.4, -0.2) is 61.6 Å². The van der Waals surface area contributed by atoms with Crippen molar-refractivity contribution in [2.45, 2.75) is 41.6 Å². The molecule has 2 aliphatic rings. The van der Waals surface area contributed by atoms with E-state index in [2.05, 4.69) is 25.7 Å². The largest absolute Gasteiger partial charge is 0.354 e. The highest BCUT2D eigenvalue weighted by Crippen LogP contribution is 2.25. The topological polar surface area (TPSA) is 121 Å². The number of anilines is 2. The third kappa shape index (κ3) is 6.67. The van der Waals surface area contributed by atoms with Crippen LogP contribution in [0.2, 0.25) is 0 Å². The summed E-state index contributed by atoms with van der Waals surface area (Å²) in [5, 5.41) is 15.0. The average molecular weight is 490 g/mol. The standard InChI is InChI=1S/C22H27N5O4S2/c1-33(30,31)18-8-6-16(7-9-18)23-20(28)14-32-21-11-10-19(25-26-21)27-12-2-3-15(13-27)22(29)24-17-4-5-17/h6-11,15,17H,2-5,12-14H2,1H3,(H,23,28)(H,24,29). The van der Waals surface area contributed by atoms with E-state index < -0.39 is 9.84 Å². The summed E-state index contributed by atoms with van der Waals surface area (Å²) in [6.45, 7) is 1.48. The quantitative estimate of drug-likeness (QED) is 0.541. The summed E-state index contributed by atoms with van der Waals surface area (Å²) in [4.78, 5) is 26.9. The van der Waals surface area contributed by atoms with Gasteiger partial charge in [-0.25, -0.2) is 8.42 Å². The van der Waals surface area contributed by atoms with Crippen molar-refractivity contribution in [3.8, 4) is 0 Å². The Labute approximate surface area is 197 Å². The van der Waals surface area contributed by atoms with Gasteiger partial charge in [0.2, 0.25) is 11.8 Å². The van der Waals surface area contributed by atoms with E-state index in [9.17, 15) is 18.0 Å². The Bertz CT molecular complexity index is 1100. The number of sulfone groups is 1. The molecule has 4 rings (SSSR count). The van der Waals surface area contributed by atoms with Crippen molar-refractivity contribution >= 4 is 44.9 Å². The third-order valence-electron chi connectivity index (χ3n) is 5.58. The van der Waals surface area contributed by atoms with Gasteiger partial charge in [-0.1, -0.05) is 11.8 Å². The second kappa shape index (κ2) is 10.1. The van der Waals surface area contributed by atoms with Crippen LogP contribution in [0.3, 0.4) is 0 Å². The lowest BCUT2D eigenvalue weighted by atomic mass is 9.97. The maximum atomic E-state index is 12.4. The van der Waals surface area contributed by atoms with E-state index in [-0.39, 0.29) is 28.4 Å². The SMILES string of the molecule is CS(=O)(=O)c1ccc(NC(=O)CSc2ccc(N3CCCC(C(=O)NC4CC4)C3)nn2)cc1. The molecular formula is C22H27N5O4S2. The van der Waals surface area contributed by atoms with Crippen LogP contribution in [0, 0.1) is 5.92 Å². The molecule has 2 amide bonds. The summed E-state index contributed by atoms with van der Waals surface area (Å²) >= 11 is 1.27. The van der Waals surface area contributed by atoms with E-state index in [1.807, 2.05) is 12.1 Å². The van der Waals surface area contributed by atoms with Crippen LogP contribution >= 0.6 is 11.8 Å². The monoisotopic (exact) mass is 489 g/mol. The Hall–Kier alpha value is -2.66. The molecule has 1 saturated heterocycles. The number of thioether (sulfide) groups is 1. The highest BCUT2D eigenvalue weighted by Gasteiger charge is 2.31. The molecule has 0 radical (unpaired) electrons. The molecule has 33 heavy (non-hydrogen) atoms. The highest BCUT2D eigenvalue weighted by molar-refractivity contribution is 7.99. The van der Waals surface area contributed by atoms with Crippen LogP contribution in [0.4, 0.5) is 11.5 Å². The zero-order valence-corrected chi connectivity index (χ0v) is 20.0. The lowest BCUT2D eigenvalue weighted by Gasteiger charge is -2.32. The number of amides is 2. The van der Waals surface area contributed by atoms with Gasteiger partial charge in [0, 0.05) is 31.1 Å². The van der Waals surface area contributed by atoms with Crippen molar-refractivity contribution in [1.82, 2.24) is 15.5 Å². The first-order valence-electron chi connectivity index (χ1n) is 10.9. The Balaban J connectivity index is 1.26. The van der Waals surface area contributed by atoms with Crippen molar-refractivity contribution in [2.75, 3.05) is 35.3 Å². The number of nitrogens with zero attached hydrogens (tertiary/aromatic N) is 3. The van der Waals surface area contributed by atoms with Crippen LogP contribution in [0.1, 0.15) is 25.7 Å². The predicted octanol–water partition coefficient (Wildman–Crippen LogP) is 2.11. The molecule has 2 N–H and O–H groups in total. The number of hydrogen-bond acceptors (Lipinski definition) is 8. The van der Waals surface area contributed by atoms with Gasteiger partial charge >= 0.3 is 0 Å². The molecule has 2 heterocycles. The highest BCUT2D eigenvalue weighted by atomic mass is 32.2. The van der Waals surface area contributed by atoms with Gasteiger partial charge in [0.25, 0.3) is 0 Å². The molecule has 1 aliphatic carbocycles. The average Bonchev–Trinajstić information content (AvgIpc) is 3.62. The molecule has 1 atom stereocenters. The van der Waals surface area contributed by atoms with Crippen molar-refractivity contribution in [2.24, 2.45) is 5.92 Å². The molecule has 1 saturated carbocycles. The summed E-state index contributed by atoms with van der Waals surface area (Å²) in [7, 11) is -3.27.